The van der Waals surface area contributed by atoms with E-state index in [1.165, 1.54) is 19.3 Å². The molecule has 94 valence electrons. The van der Waals surface area contributed by atoms with E-state index in [9.17, 15) is 0 Å². The van der Waals surface area contributed by atoms with Crippen LogP contribution in [0.2, 0.25) is 0 Å². The van der Waals surface area contributed by atoms with Crippen LogP contribution in [0.5, 0.6) is 0 Å². The first-order valence-corrected chi connectivity index (χ1v) is 6.93. The summed E-state index contributed by atoms with van der Waals surface area (Å²) in [7, 11) is 0. The van der Waals surface area contributed by atoms with E-state index in [2.05, 4.69) is 33.0 Å². The van der Waals surface area contributed by atoms with Crippen LogP contribution in [-0.4, -0.2) is 24.3 Å². The maximum atomic E-state index is 6.05. The third-order valence-corrected chi connectivity index (χ3v) is 4.70. The van der Waals surface area contributed by atoms with Crippen LogP contribution in [0.15, 0.2) is 0 Å². The topological polar surface area (TPSA) is 21.3 Å². The summed E-state index contributed by atoms with van der Waals surface area (Å²) >= 11 is 0. The van der Waals surface area contributed by atoms with Crippen LogP contribution in [0, 0.1) is 11.8 Å². The second-order valence-corrected chi connectivity index (χ2v) is 6.33. The van der Waals surface area contributed by atoms with Crippen LogP contribution < -0.4 is 5.32 Å². The van der Waals surface area contributed by atoms with Gasteiger partial charge in [0.1, 0.15) is 0 Å². The van der Waals surface area contributed by atoms with E-state index >= 15 is 0 Å². The lowest BCUT2D eigenvalue weighted by molar-refractivity contribution is -0.0848. The summed E-state index contributed by atoms with van der Waals surface area (Å²) in [4.78, 5) is 0. The van der Waals surface area contributed by atoms with Crippen molar-refractivity contribution in [1.82, 2.24) is 5.32 Å². The minimum absolute atomic E-state index is 0.208. The summed E-state index contributed by atoms with van der Waals surface area (Å²) < 4.78 is 6.05. The van der Waals surface area contributed by atoms with Crippen molar-refractivity contribution in [3.63, 3.8) is 0 Å². The molecule has 1 N–H and O–H groups in total. The number of ether oxygens (including phenoxy) is 1. The van der Waals surface area contributed by atoms with Gasteiger partial charge >= 0.3 is 0 Å². The molecule has 0 radical (unpaired) electrons. The Bertz CT molecular complexity index is 241. The molecule has 4 unspecified atom stereocenters. The van der Waals surface area contributed by atoms with E-state index in [1.807, 2.05) is 0 Å². The van der Waals surface area contributed by atoms with Gasteiger partial charge in [-0.05, 0) is 44.4 Å². The van der Waals surface area contributed by atoms with Crippen LogP contribution >= 0.6 is 0 Å². The highest BCUT2D eigenvalue weighted by atomic mass is 16.5. The van der Waals surface area contributed by atoms with Crippen LogP contribution in [0.3, 0.4) is 0 Å². The highest BCUT2D eigenvalue weighted by molar-refractivity contribution is 4.97. The van der Waals surface area contributed by atoms with E-state index in [4.69, 9.17) is 4.74 Å². The third-order valence-electron chi connectivity index (χ3n) is 4.70. The Hall–Kier alpha value is -0.0800. The fourth-order valence-electron chi connectivity index (χ4n) is 3.12. The van der Waals surface area contributed by atoms with E-state index < -0.39 is 0 Å². The Balaban J connectivity index is 1.98. The standard InChI is InChI=1S/C14H27NO/c1-5-14(4)9-16-13-7-6-11(10(2)3)8-12(13)15-14/h10-13,15H,5-9H2,1-4H3. The molecule has 2 rings (SSSR count). The Labute approximate surface area is 100 Å². The summed E-state index contributed by atoms with van der Waals surface area (Å²) in [6.45, 7) is 10.1. The molecular weight excluding hydrogens is 198 g/mol. The highest BCUT2D eigenvalue weighted by Crippen LogP contribution is 2.35. The van der Waals surface area contributed by atoms with Gasteiger partial charge in [0.05, 0.1) is 12.7 Å². The van der Waals surface area contributed by atoms with Gasteiger partial charge in [-0.1, -0.05) is 20.8 Å². The summed E-state index contributed by atoms with van der Waals surface area (Å²) in [5, 5.41) is 3.84. The van der Waals surface area contributed by atoms with E-state index in [0.717, 1.165) is 24.9 Å². The summed E-state index contributed by atoms with van der Waals surface area (Å²) in [5.41, 5.74) is 0.208. The molecule has 0 aromatic heterocycles. The molecule has 16 heavy (non-hydrogen) atoms. The molecule has 1 saturated heterocycles. The molecule has 1 aliphatic carbocycles. The van der Waals surface area contributed by atoms with Gasteiger partial charge in [-0.2, -0.15) is 0 Å². The molecule has 1 aliphatic heterocycles. The zero-order valence-electron chi connectivity index (χ0n) is 11.3. The third kappa shape index (κ3) is 2.43. The Morgan fingerprint density at radius 3 is 2.75 bits per heavy atom. The summed E-state index contributed by atoms with van der Waals surface area (Å²) in [6.07, 6.45) is 5.54. The molecule has 2 aliphatic rings. The van der Waals surface area contributed by atoms with Crippen molar-refractivity contribution < 1.29 is 4.74 Å². The Kier molecular flexibility index (Phi) is 3.60. The zero-order chi connectivity index (χ0) is 11.8. The summed E-state index contributed by atoms with van der Waals surface area (Å²) in [6, 6.07) is 0.597. The first-order valence-electron chi connectivity index (χ1n) is 6.93. The molecule has 4 atom stereocenters. The van der Waals surface area contributed by atoms with Crippen LogP contribution in [0.1, 0.15) is 53.4 Å². The maximum Gasteiger partial charge on any atom is 0.0729 e. The highest BCUT2D eigenvalue weighted by Gasteiger charge is 2.40. The summed E-state index contributed by atoms with van der Waals surface area (Å²) in [5.74, 6) is 1.70. The van der Waals surface area contributed by atoms with Gasteiger partial charge in [0, 0.05) is 11.6 Å². The van der Waals surface area contributed by atoms with Gasteiger partial charge in [-0.3, -0.25) is 0 Å². The number of fused-ring (bicyclic) bond motifs is 1. The van der Waals surface area contributed by atoms with Crippen LogP contribution in [-0.2, 0) is 4.74 Å². The molecule has 0 aromatic carbocycles. The number of nitrogens with one attached hydrogen (secondary N) is 1. The molecule has 0 bridgehead atoms. The predicted octanol–water partition coefficient (Wildman–Crippen LogP) is 2.97. The molecule has 0 amide bonds. The van der Waals surface area contributed by atoms with Crippen LogP contribution in [0.25, 0.3) is 0 Å². The fraction of sp³-hybridized carbons (Fsp3) is 1.00. The molecule has 2 nitrogen and oxygen atoms in total. The van der Waals surface area contributed by atoms with Crippen LogP contribution in [0.4, 0.5) is 0 Å². The normalized spacial score (nSPS) is 44.4. The lowest BCUT2D eigenvalue weighted by Crippen LogP contribution is -2.62. The largest absolute Gasteiger partial charge is 0.375 e. The van der Waals surface area contributed by atoms with Gasteiger partial charge in [0.15, 0.2) is 0 Å². The Morgan fingerprint density at radius 1 is 1.38 bits per heavy atom. The number of hydrogen-bond acceptors (Lipinski definition) is 2. The molecule has 1 saturated carbocycles. The Morgan fingerprint density at radius 2 is 2.12 bits per heavy atom. The van der Waals surface area contributed by atoms with Crippen molar-refractivity contribution in [1.29, 1.82) is 0 Å². The van der Waals surface area contributed by atoms with Gasteiger partial charge in [-0.15, -0.1) is 0 Å². The minimum Gasteiger partial charge on any atom is -0.375 e. The second kappa shape index (κ2) is 4.66. The number of rotatable bonds is 2. The molecular formula is C14H27NO. The first-order chi connectivity index (χ1) is 7.54. The van der Waals surface area contributed by atoms with E-state index in [0.29, 0.717) is 12.1 Å². The lowest BCUT2D eigenvalue weighted by Gasteiger charge is -2.48. The predicted molar refractivity (Wildman–Crippen MR) is 67.5 cm³/mol. The average molecular weight is 225 g/mol. The van der Waals surface area contributed by atoms with Gasteiger partial charge in [0.25, 0.3) is 0 Å². The molecule has 2 heteroatoms. The van der Waals surface area contributed by atoms with Crippen molar-refractivity contribution in [3.05, 3.63) is 0 Å². The van der Waals surface area contributed by atoms with Crippen molar-refractivity contribution in [2.45, 2.75) is 71.1 Å². The quantitative estimate of drug-likeness (QED) is 0.780. The fourth-order valence-corrected chi connectivity index (χ4v) is 3.12. The maximum absolute atomic E-state index is 6.05. The van der Waals surface area contributed by atoms with Crippen molar-refractivity contribution in [3.8, 4) is 0 Å². The van der Waals surface area contributed by atoms with E-state index in [-0.39, 0.29) is 5.54 Å². The second-order valence-electron chi connectivity index (χ2n) is 6.33. The van der Waals surface area contributed by atoms with Gasteiger partial charge < -0.3 is 10.1 Å². The minimum atomic E-state index is 0.208. The number of hydrogen-bond donors (Lipinski definition) is 1. The molecule has 0 spiro atoms. The van der Waals surface area contributed by atoms with Crippen molar-refractivity contribution in [2.75, 3.05) is 6.61 Å². The number of morpholine rings is 1. The first kappa shape index (κ1) is 12.4. The monoisotopic (exact) mass is 225 g/mol. The molecule has 2 fully saturated rings. The van der Waals surface area contributed by atoms with Crippen molar-refractivity contribution in [2.24, 2.45) is 11.8 Å². The van der Waals surface area contributed by atoms with Gasteiger partial charge in [-0.25, -0.2) is 0 Å². The van der Waals surface area contributed by atoms with E-state index in [1.54, 1.807) is 0 Å². The average Bonchev–Trinajstić information content (AvgIpc) is 2.28. The zero-order valence-corrected chi connectivity index (χ0v) is 11.3. The lowest BCUT2D eigenvalue weighted by atomic mass is 9.76. The molecule has 1 heterocycles. The van der Waals surface area contributed by atoms with Gasteiger partial charge in [0.2, 0.25) is 0 Å². The molecule has 0 aromatic rings. The smallest absolute Gasteiger partial charge is 0.0729 e. The SMILES string of the molecule is CCC1(C)COC2CCC(C(C)C)CC2N1. The van der Waals surface area contributed by atoms with Crippen molar-refractivity contribution >= 4 is 0 Å².